The summed E-state index contributed by atoms with van der Waals surface area (Å²) in [4.78, 5) is 18.5. The number of carbonyl (C=O) groups is 1. The molecule has 1 heterocycles. The molecule has 30 heavy (non-hydrogen) atoms. The quantitative estimate of drug-likeness (QED) is 0.303. The van der Waals surface area contributed by atoms with Crippen molar-refractivity contribution >= 4 is 17.8 Å². The molecule has 0 aliphatic rings. The summed E-state index contributed by atoms with van der Waals surface area (Å²) >= 11 is 0. The maximum atomic E-state index is 12.8. The minimum atomic E-state index is -4.47. The summed E-state index contributed by atoms with van der Waals surface area (Å²) in [5, 5.41) is 2.54. The lowest BCUT2D eigenvalue weighted by molar-refractivity contribution is -0.137. The van der Waals surface area contributed by atoms with Crippen LogP contribution in [-0.4, -0.2) is 23.7 Å². The van der Waals surface area contributed by atoms with E-state index in [4.69, 9.17) is 5.73 Å². The Hall–Kier alpha value is -3.56. The fourth-order valence-corrected chi connectivity index (χ4v) is 2.41. The molecule has 0 aliphatic carbocycles. The Morgan fingerprint density at radius 1 is 1.27 bits per heavy atom. The van der Waals surface area contributed by atoms with E-state index >= 15 is 0 Å². The number of amides is 1. The van der Waals surface area contributed by atoms with Gasteiger partial charge >= 0.3 is 12.7 Å². The highest BCUT2D eigenvalue weighted by molar-refractivity contribution is 5.87. The molecule has 10 heteroatoms. The Bertz CT molecular complexity index is 966. The number of pyridine rings is 1. The highest BCUT2D eigenvalue weighted by Gasteiger charge is 2.30. The number of halogens is 5. The number of allylic oxidation sites excluding steroid dienone is 1. The fourth-order valence-electron chi connectivity index (χ4n) is 2.41. The lowest BCUT2D eigenvalue weighted by Gasteiger charge is -2.13. The Morgan fingerprint density at radius 2 is 1.93 bits per heavy atom. The highest BCUT2D eigenvalue weighted by Crippen LogP contribution is 2.31. The topological polar surface area (TPSA) is 80.4 Å². The monoisotopic (exact) mass is 424 g/mol. The molecule has 0 bridgehead atoms. The minimum Gasteiger partial charge on any atom is -0.398 e. The van der Waals surface area contributed by atoms with E-state index < -0.39 is 24.2 Å². The van der Waals surface area contributed by atoms with Crippen LogP contribution < -0.4 is 11.1 Å². The molecule has 3 N–H and O–H groups in total. The fraction of sp³-hybridized carbons (Fsp3) is 0.150. The number of nitrogens with two attached hydrogens (primary N) is 1. The molecule has 0 saturated carbocycles. The van der Waals surface area contributed by atoms with Gasteiger partial charge in [0.2, 0.25) is 5.91 Å². The van der Waals surface area contributed by atoms with Gasteiger partial charge in [-0.25, -0.2) is 4.99 Å². The van der Waals surface area contributed by atoms with Crippen LogP contribution in [0, 0.1) is 0 Å². The molecule has 1 aromatic carbocycles. The number of nitrogens with one attached hydrogen (secondary N) is 1. The third-order valence-corrected chi connectivity index (χ3v) is 3.90. The van der Waals surface area contributed by atoms with Crippen LogP contribution in [0.4, 0.5) is 22.0 Å². The lowest BCUT2D eigenvalue weighted by atomic mass is 10.0. The number of hydrogen-bond acceptors (Lipinski definition) is 4. The first kappa shape index (κ1) is 22.7. The van der Waals surface area contributed by atoms with Gasteiger partial charge in [0, 0.05) is 35.8 Å². The molecule has 2 aromatic rings. The van der Waals surface area contributed by atoms with Crippen LogP contribution in [0.1, 0.15) is 16.7 Å². The van der Waals surface area contributed by atoms with Crippen molar-refractivity contribution in [3.8, 4) is 11.3 Å². The highest BCUT2D eigenvalue weighted by atomic mass is 19.4. The predicted octanol–water partition coefficient (Wildman–Crippen LogP) is 4.16. The average Bonchev–Trinajstić information content (AvgIpc) is 2.71. The zero-order valence-electron chi connectivity index (χ0n) is 15.5. The molecule has 5 nitrogen and oxygen atoms in total. The first-order chi connectivity index (χ1) is 14.1. The molecule has 0 saturated heterocycles. The van der Waals surface area contributed by atoms with Crippen molar-refractivity contribution in [2.24, 2.45) is 10.7 Å². The SMILES string of the molecule is C=CC(=O)NCc1cnc(-c2ccc(C(F)(F)F)cc2)cc1C(N)=CC=NC(F)F. The number of alkyl halides is 5. The molecule has 0 radical (unpaired) electrons. The van der Waals surface area contributed by atoms with Crippen molar-refractivity contribution in [1.82, 2.24) is 10.3 Å². The van der Waals surface area contributed by atoms with Crippen molar-refractivity contribution in [2.75, 3.05) is 0 Å². The number of carbonyl (C=O) groups excluding carboxylic acids is 1. The summed E-state index contributed by atoms with van der Waals surface area (Å²) in [7, 11) is 0. The van der Waals surface area contributed by atoms with Gasteiger partial charge in [0.1, 0.15) is 0 Å². The van der Waals surface area contributed by atoms with E-state index in [-0.39, 0.29) is 12.2 Å². The second-order valence-electron chi connectivity index (χ2n) is 5.92. The molecule has 0 aliphatic heterocycles. The van der Waals surface area contributed by atoms with Crippen molar-refractivity contribution in [3.63, 3.8) is 0 Å². The normalized spacial score (nSPS) is 12.4. The van der Waals surface area contributed by atoms with Gasteiger partial charge < -0.3 is 11.1 Å². The average molecular weight is 424 g/mol. The van der Waals surface area contributed by atoms with Gasteiger partial charge in [-0.05, 0) is 35.9 Å². The number of aromatic nitrogens is 1. The summed E-state index contributed by atoms with van der Waals surface area (Å²) in [6.45, 7) is 0.446. The van der Waals surface area contributed by atoms with Gasteiger partial charge in [0.15, 0.2) is 0 Å². The van der Waals surface area contributed by atoms with E-state index in [9.17, 15) is 26.7 Å². The van der Waals surface area contributed by atoms with Crippen molar-refractivity contribution < 1.29 is 26.7 Å². The maximum absolute atomic E-state index is 12.8. The third kappa shape index (κ3) is 6.23. The molecule has 158 valence electrons. The molecule has 0 fully saturated rings. The van der Waals surface area contributed by atoms with E-state index in [1.165, 1.54) is 24.4 Å². The first-order valence-electron chi connectivity index (χ1n) is 8.46. The Labute approximate surface area is 168 Å². The Balaban J connectivity index is 2.44. The van der Waals surface area contributed by atoms with Crippen molar-refractivity contribution in [3.05, 3.63) is 72.0 Å². The van der Waals surface area contributed by atoms with E-state index in [2.05, 4.69) is 21.9 Å². The van der Waals surface area contributed by atoms with E-state index in [1.807, 2.05) is 0 Å². The van der Waals surface area contributed by atoms with Gasteiger partial charge in [-0.15, -0.1) is 0 Å². The van der Waals surface area contributed by atoms with Gasteiger partial charge in [-0.2, -0.15) is 22.0 Å². The molecular formula is C20H17F5N4O. The van der Waals surface area contributed by atoms with Crippen LogP contribution in [-0.2, 0) is 17.5 Å². The van der Waals surface area contributed by atoms with Crippen LogP contribution >= 0.6 is 0 Å². The molecule has 2 rings (SSSR count). The smallest absolute Gasteiger partial charge is 0.398 e. The summed E-state index contributed by atoms with van der Waals surface area (Å²) in [5.41, 5.74) is 6.71. The second kappa shape index (κ2) is 9.77. The predicted molar refractivity (Wildman–Crippen MR) is 103 cm³/mol. The van der Waals surface area contributed by atoms with Gasteiger partial charge in [0.25, 0.3) is 0 Å². The summed E-state index contributed by atoms with van der Waals surface area (Å²) in [6.07, 6.45) is -0.0302. The summed E-state index contributed by atoms with van der Waals surface area (Å²) in [6, 6.07) is 5.84. The minimum absolute atomic E-state index is 0.0149. The van der Waals surface area contributed by atoms with Crippen LogP contribution in [0.25, 0.3) is 17.0 Å². The maximum Gasteiger partial charge on any atom is 0.416 e. The Morgan fingerprint density at radius 3 is 2.50 bits per heavy atom. The second-order valence-corrected chi connectivity index (χ2v) is 5.92. The summed E-state index contributed by atoms with van der Waals surface area (Å²) < 4.78 is 62.7. The summed E-state index contributed by atoms with van der Waals surface area (Å²) in [5.74, 6) is -0.449. The number of hydrogen-bond donors (Lipinski definition) is 2. The molecule has 1 aromatic heterocycles. The van der Waals surface area contributed by atoms with Gasteiger partial charge in [-0.3, -0.25) is 9.78 Å². The molecular weight excluding hydrogens is 407 g/mol. The van der Waals surface area contributed by atoms with Gasteiger partial charge in [-0.1, -0.05) is 18.7 Å². The molecule has 0 atom stereocenters. The zero-order valence-corrected chi connectivity index (χ0v) is 15.5. The number of nitrogens with zero attached hydrogens (tertiary/aromatic N) is 2. The number of rotatable bonds is 7. The van der Waals surface area contributed by atoms with Gasteiger partial charge in [0.05, 0.1) is 11.3 Å². The number of aliphatic imine (C=N–C) groups is 1. The van der Waals surface area contributed by atoms with E-state index in [0.717, 1.165) is 30.5 Å². The zero-order chi connectivity index (χ0) is 22.3. The third-order valence-electron chi connectivity index (χ3n) is 3.90. The van der Waals surface area contributed by atoms with Crippen LogP contribution in [0.5, 0.6) is 0 Å². The first-order valence-corrected chi connectivity index (χ1v) is 8.46. The van der Waals surface area contributed by atoms with Crippen LogP contribution in [0.15, 0.2) is 60.3 Å². The lowest BCUT2D eigenvalue weighted by Crippen LogP contribution is -2.21. The van der Waals surface area contributed by atoms with Crippen LogP contribution in [0.2, 0.25) is 0 Å². The van der Waals surface area contributed by atoms with E-state index in [1.54, 1.807) is 0 Å². The molecule has 0 spiro atoms. The van der Waals surface area contributed by atoms with E-state index in [0.29, 0.717) is 22.4 Å². The van der Waals surface area contributed by atoms with Crippen LogP contribution in [0.3, 0.4) is 0 Å². The number of benzene rings is 1. The largest absolute Gasteiger partial charge is 0.416 e. The molecule has 1 amide bonds. The Kier molecular flexibility index (Phi) is 7.40. The molecule has 0 unspecified atom stereocenters. The standard InChI is InChI=1S/C20H17F5N4O/c1-2-18(30)29-11-13-10-28-17(9-15(13)16(26)7-8-27-19(21)22)12-3-5-14(6-4-12)20(23,24)25/h2-10,19H,1,11,26H2,(H,29,30). The van der Waals surface area contributed by atoms with Crippen molar-refractivity contribution in [2.45, 2.75) is 19.3 Å². The van der Waals surface area contributed by atoms with Crippen molar-refractivity contribution in [1.29, 1.82) is 0 Å².